The molecule has 23 heavy (non-hydrogen) atoms. The highest BCUT2D eigenvalue weighted by atomic mass is 15.1. The van der Waals surface area contributed by atoms with Crippen LogP contribution in [0.2, 0.25) is 0 Å². The lowest BCUT2D eigenvalue weighted by Gasteiger charge is -2.26. The quantitative estimate of drug-likeness (QED) is 0.497. The van der Waals surface area contributed by atoms with E-state index in [4.69, 9.17) is 0 Å². The summed E-state index contributed by atoms with van der Waals surface area (Å²) in [5, 5.41) is 0. The van der Waals surface area contributed by atoms with Crippen LogP contribution in [-0.2, 0) is 5.41 Å². The zero-order chi connectivity index (χ0) is 15.2. The van der Waals surface area contributed by atoms with Gasteiger partial charge in [0.1, 0.15) is 0 Å². The van der Waals surface area contributed by atoms with Gasteiger partial charge in [-0.2, -0.15) is 23.6 Å². The van der Waals surface area contributed by atoms with E-state index in [0.717, 1.165) is 0 Å². The molecule has 16 rings (SSSR count). The lowest BCUT2D eigenvalue weighted by molar-refractivity contribution is 0.757. The molecule has 1 saturated carbocycles. The molecule has 0 saturated heterocycles. The Hall–Kier alpha value is -2.67. The zero-order valence-electron chi connectivity index (χ0n) is 13.0. The van der Waals surface area contributed by atoms with Gasteiger partial charge in [0.2, 0.25) is 0 Å². The maximum Gasteiger partial charge on any atom is 0.0460 e. The molecule has 12 heterocycles. The molecule has 3 aromatic rings. The summed E-state index contributed by atoms with van der Waals surface area (Å²) < 4.78 is 0. The first-order valence-corrected chi connectivity index (χ1v) is 8.25. The maximum absolute atomic E-state index is 2.40. The van der Waals surface area contributed by atoms with Crippen LogP contribution >= 0.6 is 0 Å². The van der Waals surface area contributed by atoms with Crippen molar-refractivity contribution in [2.24, 2.45) is 0 Å². The van der Waals surface area contributed by atoms with E-state index in [9.17, 15) is 0 Å². The Morgan fingerprint density at radius 2 is 1.26 bits per heavy atom. The molecule has 2 unspecified atom stereocenters. The second-order valence-electron chi connectivity index (χ2n) is 7.07. The smallest absolute Gasteiger partial charge is 0.0460 e. The van der Waals surface area contributed by atoms with Crippen molar-refractivity contribution < 1.29 is 0 Å². The molecule has 12 aliphatic heterocycles. The summed E-state index contributed by atoms with van der Waals surface area (Å²) in [6, 6.07) is 27.5. The largest absolute Gasteiger partial charge is 0.313 e. The molecular formula is C22H16N-. The molecule has 1 aliphatic carbocycles. The Morgan fingerprint density at radius 1 is 0.739 bits per heavy atom. The zero-order valence-corrected chi connectivity index (χ0v) is 13.0. The molecule has 110 valence electrons. The average Bonchev–Trinajstić information content (AvgIpc) is 3.25. The van der Waals surface area contributed by atoms with Gasteiger partial charge >= 0.3 is 0 Å². The van der Waals surface area contributed by atoms with Gasteiger partial charge in [0.25, 0.3) is 0 Å². The molecule has 2 atom stereocenters. The normalized spacial score (nSPS) is 25.2. The average molecular weight is 294 g/mol. The van der Waals surface area contributed by atoms with Gasteiger partial charge in [0, 0.05) is 17.1 Å². The van der Waals surface area contributed by atoms with Crippen LogP contribution in [0.3, 0.4) is 0 Å². The van der Waals surface area contributed by atoms with Crippen LogP contribution in [-0.4, -0.2) is 0 Å². The minimum absolute atomic E-state index is 0.112. The van der Waals surface area contributed by atoms with Crippen molar-refractivity contribution in [3.8, 4) is 0 Å². The fourth-order valence-corrected chi connectivity index (χ4v) is 4.74. The minimum Gasteiger partial charge on any atom is -0.313 e. The number of hydrogen-bond donors (Lipinski definition) is 0. The minimum atomic E-state index is 0.112. The maximum atomic E-state index is 2.40. The van der Waals surface area contributed by atoms with Gasteiger partial charge in [-0.1, -0.05) is 48.9 Å². The second-order valence-corrected chi connectivity index (χ2v) is 7.07. The number of hydrogen-bond acceptors (Lipinski definition) is 1. The molecule has 0 amide bonds. The molecule has 1 nitrogen and oxygen atoms in total. The van der Waals surface area contributed by atoms with E-state index in [1.165, 1.54) is 33.8 Å². The molecule has 0 spiro atoms. The van der Waals surface area contributed by atoms with E-state index in [2.05, 4.69) is 84.6 Å². The summed E-state index contributed by atoms with van der Waals surface area (Å²) in [5.41, 5.74) is 8.02. The van der Waals surface area contributed by atoms with E-state index in [1.54, 1.807) is 5.92 Å². The molecule has 0 N–H and O–H groups in total. The second kappa shape index (κ2) is 3.62. The summed E-state index contributed by atoms with van der Waals surface area (Å²) in [7, 11) is 0. The van der Waals surface area contributed by atoms with E-state index in [1.807, 2.05) is 0 Å². The molecule has 0 radical (unpaired) electrons. The lowest BCUT2D eigenvalue weighted by atomic mass is 9.91. The molecule has 10 bridgehead atoms. The third kappa shape index (κ3) is 1.28. The number of rotatable bonds is 0. The first-order chi connectivity index (χ1) is 11.3. The van der Waals surface area contributed by atoms with Gasteiger partial charge in [-0.05, 0) is 41.2 Å². The first kappa shape index (κ1) is 11.8. The van der Waals surface area contributed by atoms with Crippen molar-refractivity contribution in [3.05, 3.63) is 95.4 Å². The highest BCUT2D eigenvalue weighted by Gasteiger charge is 2.57. The third-order valence-corrected chi connectivity index (χ3v) is 5.99. The summed E-state index contributed by atoms with van der Waals surface area (Å²) in [4.78, 5) is 2.34. The number of nitrogens with zero attached hydrogens (tertiary/aromatic N) is 1. The lowest BCUT2D eigenvalue weighted by Crippen LogP contribution is -2.09. The number of benzene rings is 3. The van der Waals surface area contributed by atoms with E-state index in [0.29, 0.717) is 5.92 Å². The highest BCUT2D eigenvalue weighted by Crippen LogP contribution is 2.70. The predicted molar refractivity (Wildman–Crippen MR) is 93.6 cm³/mol. The molecule has 1 heteroatoms. The van der Waals surface area contributed by atoms with Gasteiger partial charge < -0.3 is 4.90 Å². The fraction of sp³-hybridized carbons (Fsp3) is 0.136. The molecule has 0 aromatic heterocycles. The Balaban J connectivity index is 1.83. The van der Waals surface area contributed by atoms with E-state index in [-0.39, 0.29) is 5.41 Å². The summed E-state index contributed by atoms with van der Waals surface area (Å²) >= 11 is 0. The van der Waals surface area contributed by atoms with Crippen molar-refractivity contribution in [1.82, 2.24) is 0 Å². The van der Waals surface area contributed by atoms with Crippen LogP contribution in [0.4, 0.5) is 17.1 Å². The fourth-order valence-electron chi connectivity index (χ4n) is 4.74. The SMILES string of the molecule is CC12c3ccc(cc3)N3c4ccc(cc4)[C-]1C2c1ccc3cc1. The van der Waals surface area contributed by atoms with Gasteiger partial charge in [0.05, 0.1) is 0 Å². The summed E-state index contributed by atoms with van der Waals surface area (Å²) in [6.45, 7) is 2.40. The Labute approximate surface area is 136 Å². The van der Waals surface area contributed by atoms with Crippen molar-refractivity contribution in [2.75, 3.05) is 4.90 Å². The Bertz CT molecular complexity index is 866. The van der Waals surface area contributed by atoms with Crippen molar-refractivity contribution in [2.45, 2.75) is 18.3 Å². The Kier molecular flexibility index (Phi) is 1.87. The summed E-state index contributed by atoms with van der Waals surface area (Å²) in [5.74, 6) is 2.04. The van der Waals surface area contributed by atoms with Crippen LogP contribution < -0.4 is 4.90 Å². The van der Waals surface area contributed by atoms with Crippen LogP contribution in [0.15, 0.2) is 72.8 Å². The molecule has 3 aromatic carbocycles. The monoisotopic (exact) mass is 294 g/mol. The molecular weight excluding hydrogens is 278 g/mol. The van der Waals surface area contributed by atoms with Gasteiger partial charge in [-0.15, -0.1) is 0 Å². The van der Waals surface area contributed by atoms with Gasteiger partial charge in [0.15, 0.2) is 0 Å². The highest BCUT2D eigenvalue weighted by molar-refractivity contribution is 5.80. The standard InChI is InChI=1S/C22H16N/c1-22-16-6-12-19(13-7-16)23-17-8-2-14(3-9-17)20(22)21(22)15-4-10-18(23)11-5-15/h2-13,20H,1H3/q-1. The van der Waals surface area contributed by atoms with Gasteiger partial charge in [-0.3, -0.25) is 0 Å². The van der Waals surface area contributed by atoms with Crippen molar-refractivity contribution in [3.63, 3.8) is 0 Å². The van der Waals surface area contributed by atoms with Crippen LogP contribution in [0.1, 0.15) is 29.5 Å². The molecule has 1 fully saturated rings. The predicted octanol–water partition coefficient (Wildman–Crippen LogP) is 5.46. The van der Waals surface area contributed by atoms with E-state index < -0.39 is 0 Å². The van der Waals surface area contributed by atoms with E-state index >= 15 is 0 Å². The van der Waals surface area contributed by atoms with Gasteiger partial charge in [-0.25, -0.2) is 0 Å². The summed E-state index contributed by atoms with van der Waals surface area (Å²) in [6.07, 6.45) is 0. The van der Waals surface area contributed by atoms with Crippen LogP contribution in [0, 0.1) is 5.92 Å². The van der Waals surface area contributed by atoms with Crippen molar-refractivity contribution >= 4 is 17.1 Å². The topological polar surface area (TPSA) is 3.24 Å². The first-order valence-electron chi connectivity index (χ1n) is 8.25. The molecule has 13 aliphatic rings. The Morgan fingerprint density at radius 3 is 1.87 bits per heavy atom. The third-order valence-electron chi connectivity index (χ3n) is 5.99. The van der Waals surface area contributed by atoms with Crippen LogP contribution in [0.5, 0.6) is 0 Å². The van der Waals surface area contributed by atoms with Crippen LogP contribution in [0.25, 0.3) is 0 Å². The van der Waals surface area contributed by atoms with Crippen molar-refractivity contribution in [1.29, 1.82) is 0 Å². The number of anilines is 3.